The fourth-order valence-corrected chi connectivity index (χ4v) is 2.49. The molecule has 1 heterocycles. The zero-order valence-electron chi connectivity index (χ0n) is 13.3. The molecule has 0 spiro atoms. The molecular formula is C18H16ClF2NO2. The summed E-state index contributed by atoms with van der Waals surface area (Å²) in [7, 11) is 0. The quantitative estimate of drug-likeness (QED) is 0.758. The number of nitrogens with zero attached hydrogens (tertiary/aromatic N) is 1. The molecule has 0 unspecified atom stereocenters. The van der Waals surface area contributed by atoms with Crippen LogP contribution in [0.15, 0.2) is 35.1 Å². The maximum Gasteiger partial charge on any atom is 0.256 e. The first-order valence-corrected chi connectivity index (χ1v) is 7.62. The summed E-state index contributed by atoms with van der Waals surface area (Å²) in [5.41, 5.74) is 0.773. The van der Waals surface area contributed by atoms with Gasteiger partial charge in [-0.05, 0) is 38.1 Å². The number of rotatable bonds is 5. The van der Waals surface area contributed by atoms with Crippen LogP contribution in [-0.4, -0.2) is 17.6 Å². The van der Waals surface area contributed by atoms with Gasteiger partial charge < -0.3 is 9.30 Å². The molecule has 0 saturated carbocycles. The minimum Gasteiger partial charge on any atom is -0.481 e. The summed E-state index contributed by atoms with van der Waals surface area (Å²) in [6, 6.07) is 8.09. The Hall–Kier alpha value is -2.32. The molecule has 0 saturated heterocycles. The molecular weight excluding hydrogens is 336 g/mol. The van der Waals surface area contributed by atoms with Crippen LogP contribution in [0.3, 0.4) is 0 Å². The summed E-state index contributed by atoms with van der Waals surface area (Å²) in [6.07, 6.45) is -2.64. The molecule has 0 aliphatic rings. The van der Waals surface area contributed by atoms with E-state index in [0.717, 1.165) is 4.57 Å². The first kappa shape index (κ1) is 18.0. The normalized spacial score (nSPS) is 10.4. The zero-order valence-corrected chi connectivity index (χ0v) is 14.0. The van der Waals surface area contributed by atoms with E-state index in [2.05, 4.69) is 11.8 Å². The zero-order chi connectivity index (χ0) is 17.7. The Morgan fingerprint density at radius 2 is 2.04 bits per heavy atom. The number of aryl methyl sites for hydroxylation is 1. The van der Waals surface area contributed by atoms with Gasteiger partial charge >= 0.3 is 0 Å². The van der Waals surface area contributed by atoms with Crippen molar-refractivity contribution in [1.29, 1.82) is 0 Å². The number of halogens is 3. The first-order chi connectivity index (χ1) is 11.4. The SMILES string of the molecule is CC#CCOc1ccc(-c2ccc(C)c(=O)n2CC(F)F)c(Cl)c1. The third-order valence-corrected chi connectivity index (χ3v) is 3.70. The fraction of sp³-hybridized carbons (Fsp3) is 0.278. The number of aromatic nitrogens is 1. The van der Waals surface area contributed by atoms with Crippen molar-refractivity contribution in [1.82, 2.24) is 4.57 Å². The smallest absolute Gasteiger partial charge is 0.256 e. The van der Waals surface area contributed by atoms with Gasteiger partial charge in [-0.3, -0.25) is 4.79 Å². The molecule has 0 radical (unpaired) electrons. The van der Waals surface area contributed by atoms with E-state index in [1.807, 2.05) is 0 Å². The highest BCUT2D eigenvalue weighted by Gasteiger charge is 2.15. The molecule has 0 atom stereocenters. The third kappa shape index (κ3) is 4.15. The Bertz CT molecular complexity index is 850. The molecule has 2 rings (SSSR count). The van der Waals surface area contributed by atoms with Gasteiger partial charge in [0.25, 0.3) is 12.0 Å². The number of ether oxygens (including phenoxy) is 1. The van der Waals surface area contributed by atoms with Crippen LogP contribution in [0.4, 0.5) is 8.78 Å². The van der Waals surface area contributed by atoms with Gasteiger partial charge in [-0.2, -0.15) is 0 Å². The highest BCUT2D eigenvalue weighted by Crippen LogP contribution is 2.31. The second-order valence-electron chi connectivity index (χ2n) is 5.07. The molecule has 3 nitrogen and oxygen atoms in total. The number of hydrogen-bond acceptors (Lipinski definition) is 2. The Kier molecular flexibility index (Phi) is 5.99. The summed E-state index contributed by atoms with van der Waals surface area (Å²) < 4.78 is 32.1. The Morgan fingerprint density at radius 1 is 1.29 bits per heavy atom. The van der Waals surface area contributed by atoms with Crippen molar-refractivity contribution < 1.29 is 13.5 Å². The van der Waals surface area contributed by atoms with Crippen LogP contribution in [0.5, 0.6) is 5.75 Å². The highest BCUT2D eigenvalue weighted by molar-refractivity contribution is 6.33. The van der Waals surface area contributed by atoms with Crippen LogP contribution in [0, 0.1) is 18.8 Å². The Morgan fingerprint density at radius 3 is 2.67 bits per heavy atom. The number of alkyl halides is 2. The van der Waals surface area contributed by atoms with Crippen molar-refractivity contribution in [3.8, 4) is 28.8 Å². The predicted molar refractivity (Wildman–Crippen MR) is 90.8 cm³/mol. The average molecular weight is 352 g/mol. The standard InChI is InChI=1S/C18H16ClF2NO2/c1-3-4-9-24-13-6-7-14(15(19)10-13)16-8-5-12(2)18(23)22(16)11-17(20)21/h5-8,10,17H,9,11H2,1-2H3. The lowest BCUT2D eigenvalue weighted by atomic mass is 10.1. The van der Waals surface area contributed by atoms with Gasteiger partial charge in [-0.25, -0.2) is 8.78 Å². The van der Waals surface area contributed by atoms with E-state index in [-0.39, 0.29) is 6.61 Å². The van der Waals surface area contributed by atoms with Crippen molar-refractivity contribution in [3.05, 3.63) is 51.3 Å². The van der Waals surface area contributed by atoms with Crippen LogP contribution in [0.1, 0.15) is 12.5 Å². The average Bonchev–Trinajstić information content (AvgIpc) is 2.53. The Balaban J connectivity index is 2.46. The molecule has 0 bridgehead atoms. The maximum atomic E-state index is 12.8. The second-order valence-corrected chi connectivity index (χ2v) is 5.47. The van der Waals surface area contributed by atoms with E-state index in [1.54, 1.807) is 44.2 Å². The predicted octanol–water partition coefficient (Wildman–Crippen LogP) is 4.14. The van der Waals surface area contributed by atoms with Crippen molar-refractivity contribution in [2.75, 3.05) is 6.61 Å². The minimum absolute atomic E-state index is 0.229. The third-order valence-electron chi connectivity index (χ3n) is 3.39. The molecule has 0 N–H and O–H groups in total. The molecule has 0 aliphatic carbocycles. The number of pyridine rings is 1. The second kappa shape index (κ2) is 7.98. The number of hydrogen-bond donors (Lipinski definition) is 0. The van der Waals surface area contributed by atoms with Gasteiger partial charge in [0.2, 0.25) is 0 Å². The van der Waals surface area contributed by atoms with Crippen molar-refractivity contribution in [3.63, 3.8) is 0 Å². The van der Waals surface area contributed by atoms with Crippen LogP contribution in [0.2, 0.25) is 5.02 Å². The van der Waals surface area contributed by atoms with Gasteiger partial charge in [-0.15, -0.1) is 5.92 Å². The largest absolute Gasteiger partial charge is 0.481 e. The lowest BCUT2D eigenvalue weighted by Gasteiger charge is -2.15. The highest BCUT2D eigenvalue weighted by atomic mass is 35.5. The van der Waals surface area contributed by atoms with Crippen LogP contribution < -0.4 is 10.3 Å². The van der Waals surface area contributed by atoms with E-state index >= 15 is 0 Å². The minimum atomic E-state index is -2.64. The van der Waals surface area contributed by atoms with E-state index in [4.69, 9.17) is 16.3 Å². The maximum absolute atomic E-state index is 12.8. The van der Waals surface area contributed by atoms with Crippen molar-refractivity contribution in [2.45, 2.75) is 26.8 Å². The molecule has 1 aromatic heterocycles. The van der Waals surface area contributed by atoms with Crippen molar-refractivity contribution in [2.24, 2.45) is 0 Å². The van der Waals surface area contributed by atoms with E-state index < -0.39 is 18.5 Å². The van der Waals surface area contributed by atoms with E-state index in [9.17, 15) is 13.6 Å². The molecule has 24 heavy (non-hydrogen) atoms. The van der Waals surface area contributed by atoms with E-state index in [1.165, 1.54) is 0 Å². The Labute approximate surface area is 143 Å². The molecule has 0 fully saturated rings. The molecule has 0 aliphatic heterocycles. The monoisotopic (exact) mass is 351 g/mol. The van der Waals surface area contributed by atoms with Gasteiger partial charge in [0.15, 0.2) is 0 Å². The molecule has 2 aromatic rings. The summed E-state index contributed by atoms with van der Waals surface area (Å²) in [5, 5.41) is 0.309. The molecule has 0 amide bonds. The van der Waals surface area contributed by atoms with Crippen LogP contribution in [-0.2, 0) is 6.54 Å². The van der Waals surface area contributed by atoms with Crippen LogP contribution in [0.25, 0.3) is 11.3 Å². The first-order valence-electron chi connectivity index (χ1n) is 7.25. The summed E-state index contributed by atoms with van der Waals surface area (Å²) in [6.45, 7) is 2.84. The van der Waals surface area contributed by atoms with Crippen LogP contribution >= 0.6 is 11.6 Å². The van der Waals surface area contributed by atoms with Crippen molar-refractivity contribution >= 4 is 11.6 Å². The fourth-order valence-electron chi connectivity index (χ4n) is 2.23. The lowest BCUT2D eigenvalue weighted by Crippen LogP contribution is -2.26. The van der Waals surface area contributed by atoms with Gasteiger partial charge in [0.05, 0.1) is 17.3 Å². The van der Waals surface area contributed by atoms with Gasteiger partial charge in [0, 0.05) is 11.1 Å². The number of benzene rings is 1. The van der Waals surface area contributed by atoms with Gasteiger partial charge in [-0.1, -0.05) is 23.6 Å². The van der Waals surface area contributed by atoms with E-state index in [0.29, 0.717) is 27.6 Å². The molecule has 6 heteroatoms. The van der Waals surface area contributed by atoms with Gasteiger partial charge in [0.1, 0.15) is 12.4 Å². The summed E-state index contributed by atoms with van der Waals surface area (Å²) >= 11 is 6.26. The molecule has 1 aromatic carbocycles. The topological polar surface area (TPSA) is 31.2 Å². The summed E-state index contributed by atoms with van der Waals surface area (Å²) in [4.78, 5) is 12.2. The lowest BCUT2D eigenvalue weighted by molar-refractivity contribution is 0.126. The molecule has 126 valence electrons. The summed E-state index contributed by atoms with van der Waals surface area (Å²) in [5.74, 6) is 5.99.